The summed E-state index contributed by atoms with van der Waals surface area (Å²) in [5.74, 6) is -0.333. The number of hydrogen-bond acceptors (Lipinski definition) is 4. The van der Waals surface area contributed by atoms with E-state index in [1.54, 1.807) is 7.05 Å². The SMILES string of the molecule is CNc1c(Cl)cc(C(=O)NC2(C)CCC2)cc1[N+](=O)[O-]. The van der Waals surface area contributed by atoms with Crippen LogP contribution in [-0.2, 0) is 0 Å². The summed E-state index contributed by atoms with van der Waals surface area (Å²) in [6.45, 7) is 1.96. The molecule has 0 unspecified atom stereocenters. The Balaban J connectivity index is 2.32. The Hall–Kier alpha value is -1.82. The minimum Gasteiger partial charge on any atom is -0.381 e. The first-order chi connectivity index (χ1) is 9.36. The van der Waals surface area contributed by atoms with E-state index in [0.717, 1.165) is 19.3 Å². The van der Waals surface area contributed by atoms with E-state index in [9.17, 15) is 14.9 Å². The van der Waals surface area contributed by atoms with Crippen molar-refractivity contribution in [2.24, 2.45) is 0 Å². The molecule has 1 saturated carbocycles. The maximum Gasteiger partial charge on any atom is 0.294 e. The topological polar surface area (TPSA) is 84.3 Å². The number of hydrogen-bond donors (Lipinski definition) is 2. The van der Waals surface area contributed by atoms with E-state index < -0.39 is 4.92 Å². The third-order valence-corrected chi connectivity index (χ3v) is 3.95. The second kappa shape index (κ2) is 5.28. The van der Waals surface area contributed by atoms with Crippen LogP contribution >= 0.6 is 11.6 Å². The van der Waals surface area contributed by atoms with Gasteiger partial charge in [0.05, 0.1) is 9.95 Å². The molecule has 1 aliphatic carbocycles. The second-order valence-electron chi connectivity index (χ2n) is 5.23. The molecule has 2 N–H and O–H groups in total. The van der Waals surface area contributed by atoms with Crippen molar-refractivity contribution in [3.8, 4) is 0 Å². The third-order valence-electron chi connectivity index (χ3n) is 3.65. The molecule has 0 aliphatic heterocycles. The highest BCUT2D eigenvalue weighted by Gasteiger charge is 2.34. The number of carbonyl (C=O) groups excluding carboxylic acids is 1. The van der Waals surface area contributed by atoms with Crippen LogP contribution < -0.4 is 10.6 Å². The molecule has 0 spiro atoms. The molecule has 1 fully saturated rings. The summed E-state index contributed by atoms with van der Waals surface area (Å²) in [5.41, 5.74) is 0.000767. The zero-order chi connectivity index (χ0) is 14.9. The highest BCUT2D eigenvalue weighted by molar-refractivity contribution is 6.34. The minimum atomic E-state index is -0.556. The van der Waals surface area contributed by atoms with Gasteiger partial charge in [-0.3, -0.25) is 14.9 Å². The van der Waals surface area contributed by atoms with Crippen LogP contribution in [0.5, 0.6) is 0 Å². The van der Waals surface area contributed by atoms with Crippen molar-refractivity contribution in [3.63, 3.8) is 0 Å². The molecule has 20 heavy (non-hydrogen) atoms. The lowest BCUT2D eigenvalue weighted by molar-refractivity contribution is -0.383. The van der Waals surface area contributed by atoms with Crippen LogP contribution in [0.15, 0.2) is 12.1 Å². The van der Waals surface area contributed by atoms with Crippen molar-refractivity contribution in [1.29, 1.82) is 0 Å². The number of rotatable bonds is 4. The average molecular weight is 298 g/mol. The van der Waals surface area contributed by atoms with Crippen molar-refractivity contribution in [1.82, 2.24) is 5.32 Å². The molecule has 6 nitrogen and oxygen atoms in total. The van der Waals surface area contributed by atoms with Crippen molar-refractivity contribution in [3.05, 3.63) is 32.8 Å². The lowest BCUT2D eigenvalue weighted by Gasteiger charge is -2.39. The van der Waals surface area contributed by atoms with Crippen LogP contribution in [-0.4, -0.2) is 23.4 Å². The standard InChI is InChI=1S/C13H16ClN3O3/c1-13(4-3-5-13)16-12(18)8-6-9(14)11(15-2)10(7-8)17(19)20/h6-7,15H,3-5H2,1-2H3,(H,16,18). The van der Waals surface area contributed by atoms with Crippen LogP contribution in [0.25, 0.3) is 0 Å². The minimum absolute atomic E-state index is 0.158. The smallest absolute Gasteiger partial charge is 0.294 e. The highest BCUT2D eigenvalue weighted by atomic mass is 35.5. The number of nitro groups is 1. The van der Waals surface area contributed by atoms with E-state index in [1.165, 1.54) is 12.1 Å². The van der Waals surface area contributed by atoms with Gasteiger partial charge in [0.25, 0.3) is 11.6 Å². The number of nitrogens with one attached hydrogen (secondary N) is 2. The molecule has 1 amide bonds. The quantitative estimate of drug-likeness (QED) is 0.661. The van der Waals surface area contributed by atoms with Gasteiger partial charge in [0.2, 0.25) is 0 Å². The molecule has 0 bridgehead atoms. The lowest BCUT2D eigenvalue weighted by atomic mass is 9.78. The first kappa shape index (κ1) is 14.6. The van der Waals surface area contributed by atoms with E-state index in [4.69, 9.17) is 11.6 Å². The predicted molar refractivity (Wildman–Crippen MR) is 77.4 cm³/mol. The number of nitrogens with zero attached hydrogens (tertiary/aromatic N) is 1. The van der Waals surface area contributed by atoms with E-state index >= 15 is 0 Å². The van der Waals surface area contributed by atoms with E-state index in [-0.39, 0.29) is 33.4 Å². The summed E-state index contributed by atoms with van der Waals surface area (Å²) in [6, 6.07) is 2.69. The Bertz CT molecular complexity index is 570. The molecule has 0 aromatic heterocycles. The maximum atomic E-state index is 12.2. The number of amides is 1. The maximum absolute atomic E-state index is 12.2. The molecule has 0 saturated heterocycles. The summed E-state index contributed by atoms with van der Waals surface area (Å²) < 4.78 is 0. The van der Waals surface area contributed by atoms with Gasteiger partial charge in [-0.15, -0.1) is 0 Å². The first-order valence-corrected chi connectivity index (χ1v) is 6.72. The zero-order valence-electron chi connectivity index (χ0n) is 11.3. The Morgan fingerprint density at radius 1 is 1.45 bits per heavy atom. The van der Waals surface area contributed by atoms with Crippen molar-refractivity contribution >= 4 is 28.9 Å². The number of halogens is 1. The number of nitro benzene ring substituents is 1. The van der Waals surface area contributed by atoms with Gasteiger partial charge < -0.3 is 10.6 Å². The summed E-state index contributed by atoms with van der Waals surface area (Å²) in [6.07, 6.45) is 2.92. The fraction of sp³-hybridized carbons (Fsp3) is 0.462. The van der Waals surface area contributed by atoms with E-state index in [2.05, 4.69) is 10.6 Å². The number of benzene rings is 1. The van der Waals surface area contributed by atoms with E-state index in [1.807, 2.05) is 6.92 Å². The lowest BCUT2D eigenvalue weighted by Crippen LogP contribution is -2.50. The summed E-state index contributed by atoms with van der Waals surface area (Å²) in [7, 11) is 1.54. The Kier molecular flexibility index (Phi) is 3.85. The molecule has 0 radical (unpaired) electrons. The molecule has 1 aromatic rings. The first-order valence-electron chi connectivity index (χ1n) is 6.34. The Morgan fingerprint density at radius 3 is 2.55 bits per heavy atom. The molecular weight excluding hydrogens is 282 g/mol. The zero-order valence-corrected chi connectivity index (χ0v) is 12.1. The fourth-order valence-electron chi connectivity index (χ4n) is 2.29. The largest absolute Gasteiger partial charge is 0.381 e. The molecule has 1 aliphatic rings. The van der Waals surface area contributed by atoms with Gasteiger partial charge in [0, 0.05) is 24.2 Å². The Morgan fingerprint density at radius 2 is 2.10 bits per heavy atom. The summed E-state index contributed by atoms with van der Waals surface area (Å²) in [4.78, 5) is 22.6. The van der Waals surface area contributed by atoms with Gasteiger partial charge in [-0.05, 0) is 32.3 Å². The number of carbonyl (C=O) groups is 1. The summed E-state index contributed by atoms with van der Waals surface area (Å²) in [5, 5.41) is 16.8. The van der Waals surface area contributed by atoms with Gasteiger partial charge in [0.15, 0.2) is 0 Å². The predicted octanol–water partition coefficient (Wildman–Crippen LogP) is 2.96. The van der Waals surface area contributed by atoms with Crippen LogP contribution in [0.3, 0.4) is 0 Å². The van der Waals surface area contributed by atoms with Crippen molar-refractivity contribution in [2.75, 3.05) is 12.4 Å². The van der Waals surface area contributed by atoms with Crippen LogP contribution in [0.1, 0.15) is 36.5 Å². The Labute approximate surface area is 121 Å². The van der Waals surface area contributed by atoms with Crippen molar-refractivity contribution in [2.45, 2.75) is 31.7 Å². The van der Waals surface area contributed by atoms with Gasteiger partial charge >= 0.3 is 0 Å². The molecule has 2 rings (SSSR count). The number of anilines is 1. The molecule has 1 aromatic carbocycles. The fourth-order valence-corrected chi connectivity index (χ4v) is 2.60. The van der Waals surface area contributed by atoms with Gasteiger partial charge in [0.1, 0.15) is 5.69 Å². The van der Waals surface area contributed by atoms with Gasteiger partial charge in [-0.2, -0.15) is 0 Å². The molecule has 7 heteroatoms. The van der Waals surface area contributed by atoms with Crippen molar-refractivity contribution < 1.29 is 9.72 Å². The van der Waals surface area contributed by atoms with Gasteiger partial charge in [-0.25, -0.2) is 0 Å². The molecule has 108 valence electrons. The normalized spacial score (nSPS) is 16.1. The summed E-state index contributed by atoms with van der Waals surface area (Å²) >= 11 is 5.99. The van der Waals surface area contributed by atoms with Crippen LogP contribution in [0.2, 0.25) is 5.02 Å². The second-order valence-corrected chi connectivity index (χ2v) is 5.63. The van der Waals surface area contributed by atoms with Crippen LogP contribution in [0.4, 0.5) is 11.4 Å². The molecule has 0 atom stereocenters. The van der Waals surface area contributed by atoms with Crippen LogP contribution in [0, 0.1) is 10.1 Å². The average Bonchev–Trinajstić information content (AvgIpc) is 2.35. The third kappa shape index (κ3) is 2.70. The molecular formula is C13H16ClN3O3. The highest BCUT2D eigenvalue weighted by Crippen LogP contribution is 2.35. The molecule has 0 heterocycles. The monoisotopic (exact) mass is 297 g/mol. The van der Waals surface area contributed by atoms with Gasteiger partial charge in [-0.1, -0.05) is 11.6 Å². The van der Waals surface area contributed by atoms with E-state index in [0.29, 0.717) is 0 Å².